The maximum Gasteiger partial charge on any atom is 0.238 e. The van der Waals surface area contributed by atoms with E-state index in [0.717, 1.165) is 36.5 Å². The van der Waals surface area contributed by atoms with Gasteiger partial charge in [-0.1, -0.05) is 0 Å². The van der Waals surface area contributed by atoms with E-state index < -0.39 is 0 Å². The zero-order valence-corrected chi connectivity index (χ0v) is 14.3. The predicted octanol–water partition coefficient (Wildman–Crippen LogP) is 1.91. The number of rotatable bonds is 5. The highest BCUT2D eigenvalue weighted by molar-refractivity contribution is 5.92. The smallest absolute Gasteiger partial charge is 0.238 e. The summed E-state index contributed by atoms with van der Waals surface area (Å²) in [4.78, 5) is 18.6. The molecule has 0 saturated carbocycles. The van der Waals surface area contributed by atoms with Crippen molar-refractivity contribution in [1.29, 1.82) is 0 Å². The van der Waals surface area contributed by atoms with E-state index in [-0.39, 0.29) is 11.9 Å². The molecule has 1 N–H and O–H groups in total. The van der Waals surface area contributed by atoms with E-state index in [1.165, 1.54) is 0 Å². The van der Waals surface area contributed by atoms with Gasteiger partial charge < -0.3 is 10.1 Å². The van der Waals surface area contributed by atoms with Crippen molar-refractivity contribution in [1.82, 2.24) is 19.7 Å². The number of anilines is 1. The molecule has 1 saturated heterocycles. The van der Waals surface area contributed by atoms with Gasteiger partial charge in [0.2, 0.25) is 11.8 Å². The zero-order chi connectivity index (χ0) is 17.1. The minimum atomic E-state index is -0.0320. The van der Waals surface area contributed by atoms with Crippen molar-refractivity contribution in [2.24, 2.45) is 7.05 Å². The van der Waals surface area contributed by atoms with E-state index >= 15 is 0 Å². The molecule has 2 aromatic rings. The van der Waals surface area contributed by atoms with Crippen LogP contribution < -0.4 is 10.1 Å². The Balaban J connectivity index is 1.73. The second-order valence-electron chi connectivity index (χ2n) is 6.05. The van der Waals surface area contributed by atoms with Crippen molar-refractivity contribution in [3.05, 3.63) is 35.8 Å². The summed E-state index contributed by atoms with van der Waals surface area (Å²) >= 11 is 0. The van der Waals surface area contributed by atoms with Crippen LogP contribution in [0.25, 0.3) is 0 Å². The molecule has 1 aliphatic rings. The first-order valence-electron chi connectivity index (χ1n) is 8.11. The van der Waals surface area contributed by atoms with Gasteiger partial charge in [0, 0.05) is 19.3 Å². The quantitative estimate of drug-likeness (QED) is 0.907. The minimum absolute atomic E-state index is 0.0320. The average Bonchev–Trinajstić information content (AvgIpc) is 3.11. The largest absolute Gasteiger partial charge is 0.481 e. The van der Waals surface area contributed by atoms with Crippen LogP contribution in [0.1, 0.15) is 30.1 Å². The fourth-order valence-corrected chi connectivity index (χ4v) is 3.44. The Morgan fingerprint density at radius 3 is 3.04 bits per heavy atom. The maximum atomic E-state index is 12.4. The summed E-state index contributed by atoms with van der Waals surface area (Å²) in [5, 5.41) is 7.36. The van der Waals surface area contributed by atoms with Gasteiger partial charge in [-0.05, 0) is 38.4 Å². The van der Waals surface area contributed by atoms with Gasteiger partial charge in [0.05, 0.1) is 36.8 Å². The Morgan fingerprint density at radius 1 is 1.50 bits per heavy atom. The number of amides is 1. The molecule has 0 unspecified atom stereocenters. The number of carbonyl (C=O) groups excluding carboxylic acids is 1. The molecule has 2 aromatic heterocycles. The second-order valence-corrected chi connectivity index (χ2v) is 6.05. The lowest BCUT2D eigenvalue weighted by Crippen LogP contribution is -2.33. The Hall–Kier alpha value is -2.41. The molecule has 7 nitrogen and oxygen atoms in total. The fourth-order valence-electron chi connectivity index (χ4n) is 3.44. The lowest BCUT2D eigenvalue weighted by atomic mass is 10.1. The summed E-state index contributed by atoms with van der Waals surface area (Å²) in [5.74, 6) is 0.743. The molecule has 1 amide bonds. The van der Waals surface area contributed by atoms with E-state index in [1.54, 1.807) is 30.3 Å². The minimum Gasteiger partial charge on any atom is -0.481 e. The predicted molar refractivity (Wildman–Crippen MR) is 90.9 cm³/mol. The van der Waals surface area contributed by atoms with Crippen molar-refractivity contribution in [2.45, 2.75) is 25.8 Å². The first kappa shape index (κ1) is 16.4. The summed E-state index contributed by atoms with van der Waals surface area (Å²) in [6.07, 6.45) is 5.39. The lowest BCUT2D eigenvalue weighted by Gasteiger charge is -2.24. The van der Waals surface area contributed by atoms with E-state index in [2.05, 4.69) is 20.3 Å². The van der Waals surface area contributed by atoms with Gasteiger partial charge >= 0.3 is 0 Å². The van der Waals surface area contributed by atoms with Gasteiger partial charge in [0.15, 0.2) is 0 Å². The number of ether oxygens (including phenoxy) is 1. The SMILES string of the molecule is COc1c([C@@H]2CCCN2CC(=O)Nc2cccnc2)c(C)nn1C. The number of nitrogens with zero attached hydrogens (tertiary/aromatic N) is 4. The highest BCUT2D eigenvalue weighted by Gasteiger charge is 2.33. The third kappa shape index (κ3) is 3.26. The molecule has 128 valence electrons. The highest BCUT2D eigenvalue weighted by Crippen LogP contribution is 2.38. The van der Waals surface area contributed by atoms with Gasteiger partial charge in [-0.25, -0.2) is 4.68 Å². The molecular formula is C17H23N5O2. The van der Waals surface area contributed by atoms with Crippen LogP contribution in [0.5, 0.6) is 5.88 Å². The molecule has 1 aliphatic heterocycles. The average molecular weight is 329 g/mol. The number of aryl methyl sites for hydroxylation is 2. The Kier molecular flexibility index (Phi) is 4.80. The van der Waals surface area contributed by atoms with Crippen LogP contribution >= 0.6 is 0 Å². The summed E-state index contributed by atoms with van der Waals surface area (Å²) in [5.41, 5.74) is 2.76. The number of nitrogens with one attached hydrogen (secondary N) is 1. The zero-order valence-electron chi connectivity index (χ0n) is 14.3. The lowest BCUT2D eigenvalue weighted by molar-refractivity contribution is -0.117. The van der Waals surface area contributed by atoms with Crippen molar-refractivity contribution >= 4 is 11.6 Å². The highest BCUT2D eigenvalue weighted by atomic mass is 16.5. The Bertz CT molecular complexity index is 713. The Morgan fingerprint density at radius 2 is 2.33 bits per heavy atom. The molecular weight excluding hydrogens is 306 g/mol. The van der Waals surface area contributed by atoms with Gasteiger partial charge in [-0.2, -0.15) is 5.10 Å². The van der Waals surface area contributed by atoms with E-state index in [0.29, 0.717) is 12.2 Å². The first-order valence-corrected chi connectivity index (χ1v) is 8.11. The van der Waals surface area contributed by atoms with Crippen molar-refractivity contribution in [3.8, 4) is 5.88 Å². The van der Waals surface area contributed by atoms with Crippen molar-refractivity contribution in [2.75, 3.05) is 25.5 Å². The van der Waals surface area contributed by atoms with Crippen LogP contribution in [0.3, 0.4) is 0 Å². The van der Waals surface area contributed by atoms with E-state index in [4.69, 9.17) is 4.74 Å². The first-order chi connectivity index (χ1) is 11.6. The monoisotopic (exact) mass is 329 g/mol. The third-order valence-corrected chi connectivity index (χ3v) is 4.40. The summed E-state index contributed by atoms with van der Waals surface area (Å²) in [6, 6.07) is 3.80. The molecule has 0 radical (unpaired) electrons. The van der Waals surface area contributed by atoms with Gasteiger partial charge in [-0.3, -0.25) is 14.7 Å². The number of likely N-dealkylation sites (tertiary alicyclic amines) is 1. The molecule has 0 aliphatic carbocycles. The fraction of sp³-hybridized carbons (Fsp3) is 0.471. The standard InChI is InChI=1S/C17H23N5O2/c1-12-16(17(24-3)21(2)20-12)14-7-5-9-22(14)11-15(23)19-13-6-4-8-18-10-13/h4,6,8,10,14H,5,7,9,11H2,1-3H3,(H,19,23)/t14-/m0/s1. The Labute approximate surface area is 141 Å². The van der Waals surface area contributed by atoms with Crippen LogP contribution in [-0.2, 0) is 11.8 Å². The molecule has 1 atom stereocenters. The van der Waals surface area contributed by atoms with E-state index in [1.807, 2.05) is 20.0 Å². The number of aromatic nitrogens is 3. The number of carbonyl (C=O) groups is 1. The normalized spacial score (nSPS) is 17.9. The third-order valence-electron chi connectivity index (χ3n) is 4.40. The molecule has 7 heteroatoms. The molecule has 3 heterocycles. The van der Waals surface area contributed by atoms with Crippen LogP contribution in [-0.4, -0.2) is 45.8 Å². The molecule has 3 rings (SSSR count). The summed E-state index contributed by atoms with van der Waals surface area (Å²) in [7, 11) is 3.54. The molecule has 0 bridgehead atoms. The number of hydrogen-bond donors (Lipinski definition) is 1. The molecule has 0 spiro atoms. The van der Waals surface area contributed by atoms with Crippen LogP contribution in [0.15, 0.2) is 24.5 Å². The number of methoxy groups -OCH3 is 1. The van der Waals surface area contributed by atoms with E-state index in [9.17, 15) is 4.79 Å². The van der Waals surface area contributed by atoms with Crippen molar-refractivity contribution < 1.29 is 9.53 Å². The molecule has 24 heavy (non-hydrogen) atoms. The summed E-state index contributed by atoms with van der Waals surface area (Å²) < 4.78 is 7.28. The topological polar surface area (TPSA) is 72.3 Å². The van der Waals surface area contributed by atoms with Crippen molar-refractivity contribution in [3.63, 3.8) is 0 Å². The number of pyridine rings is 1. The second kappa shape index (κ2) is 7.00. The maximum absolute atomic E-state index is 12.4. The van der Waals surface area contributed by atoms with Gasteiger partial charge in [0.25, 0.3) is 0 Å². The molecule has 0 aromatic carbocycles. The van der Waals surface area contributed by atoms with Crippen LogP contribution in [0.4, 0.5) is 5.69 Å². The van der Waals surface area contributed by atoms with Gasteiger partial charge in [0.1, 0.15) is 0 Å². The van der Waals surface area contributed by atoms with Gasteiger partial charge in [-0.15, -0.1) is 0 Å². The number of hydrogen-bond acceptors (Lipinski definition) is 5. The molecule has 1 fully saturated rings. The van der Waals surface area contributed by atoms with Crippen LogP contribution in [0, 0.1) is 6.92 Å². The van der Waals surface area contributed by atoms with Crippen LogP contribution in [0.2, 0.25) is 0 Å². The summed E-state index contributed by atoms with van der Waals surface area (Å²) in [6.45, 7) is 3.23.